The minimum Gasteiger partial charge on any atom is -0.378 e. The van der Waals surface area contributed by atoms with Crippen LogP contribution in [0.15, 0.2) is 24.3 Å². The van der Waals surface area contributed by atoms with Crippen LogP contribution in [0.3, 0.4) is 0 Å². The SMILES string of the molecule is CC1CCC(CNc2nc(NCC3CCCCC3)nc(Nc3cccc(C(=O)NCCOCCOCCN)c3)n2)CC1. The van der Waals surface area contributed by atoms with Gasteiger partial charge in [0.2, 0.25) is 17.8 Å². The summed E-state index contributed by atoms with van der Waals surface area (Å²) in [7, 11) is 0. The maximum absolute atomic E-state index is 12.7. The molecule has 0 bridgehead atoms. The molecule has 4 rings (SSSR count). The maximum atomic E-state index is 12.7. The first-order valence-corrected chi connectivity index (χ1v) is 15.8. The Morgan fingerprint density at radius 1 is 0.833 bits per heavy atom. The van der Waals surface area contributed by atoms with E-state index in [1.54, 1.807) is 12.1 Å². The van der Waals surface area contributed by atoms with Crippen LogP contribution in [0, 0.1) is 17.8 Å². The van der Waals surface area contributed by atoms with Gasteiger partial charge in [-0.1, -0.05) is 45.1 Å². The molecule has 2 aromatic rings. The third-order valence-corrected chi connectivity index (χ3v) is 8.14. The molecule has 232 valence electrons. The van der Waals surface area contributed by atoms with Crippen molar-refractivity contribution < 1.29 is 14.3 Å². The van der Waals surface area contributed by atoms with E-state index in [1.165, 1.54) is 57.8 Å². The zero-order valence-electron chi connectivity index (χ0n) is 25.2. The van der Waals surface area contributed by atoms with E-state index in [4.69, 9.17) is 20.2 Å². The summed E-state index contributed by atoms with van der Waals surface area (Å²) in [4.78, 5) is 26.8. The molecule has 0 unspecified atom stereocenters. The van der Waals surface area contributed by atoms with Crippen LogP contribution in [-0.4, -0.2) is 73.5 Å². The van der Waals surface area contributed by atoms with Crippen molar-refractivity contribution in [3.63, 3.8) is 0 Å². The third kappa shape index (κ3) is 11.3. The van der Waals surface area contributed by atoms with Gasteiger partial charge in [0.1, 0.15) is 0 Å². The van der Waals surface area contributed by atoms with E-state index in [9.17, 15) is 4.79 Å². The highest BCUT2D eigenvalue weighted by Gasteiger charge is 2.19. The second-order valence-electron chi connectivity index (χ2n) is 11.7. The number of nitrogens with zero attached hydrogens (tertiary/aromatic N) is 3. The largest absolute Gasteiger partial charge is 0.378 e. The number of nitrogens with two attached hydrogens (primary N) is 1. The second-order valence-corrected chi connectivity index (χ2v) is 11.7. The number of hydrogen-bond acceptors (Lipinski definition) is 10. The number of anilines is 4. The summed E-state index contributed by atoms with van der Waals surface area (Å²) in [6.07, 6.45) is 11.5. The molecular weight excluding hydrogens is 532 g/mol. The van der Waals surface area contributed by atoms with Crippen molar-refractivity contribution in [3.05, 3.63) is 29.8 Å². The Bertz CT molecular complexity index is 1070. The number of aromatic nitrogens is 3. The molecule has 42 heavy (non-hydrogen) atoms. The topological polar surface area (TPSA) is 148 Å². The maximum Gasteiger partial charge on any atom is 0.251 e. The lowest BCUT2D eigenvalue weighted by atomic mass is 9.83. The Morgan fingerprint density at radius 3 is 2.17 bits per heavy atom. The molecule has 0 aliphatic heterocycles. The fourth-order valence-electron chi connectivity index (χ4n) is 5.60. The lowest BCUT2D eigenvalue weighted by Gasteiger charge is -2.26. The number of nitrogens with one attached hydrogen (secondary N) is 4. The molecule has 0 saturated heterocycles. The number of amides is 1. The standard InChI is InChI=1S/C31H50N8O3/c1-23-10-12-25(13-11-23)22-35-30-37-29(34-21-24-6-3-2-4-7-24)38-31(39-30)36-27-9-5-8-26(20-27)28(40)33-15-17-42-19-18-41-16-14-32/h5,8-9,20,23-25H,2-4,6-7,10-19,21-22,32H2,1H3,(H,33,40)(H3,34,35,36,37,38,39). The highest BCUT2D eigenvalue weighted by atomic mass is 16.5. The second kappa shape index (κ2) is 17.8. The van der Waals surface area contributed by atoms with Gasteiger partial charge in [-0.2, -0.15) is 15.0 Å². The molecule has 11 nitrogen and oxygen atoms in total. The van der Waals surface area contributed by atoms with Crippen molar-refractivity contribution in [2.45, 2.75) is 64.7 Å². The first kappa shape index (κ1) is 31.9. The van der Waals surface area contributed by atoms with Gasteiger partial charge in [0.05, 0.1) is 26.4 Å². The summed E-state index contributed by atoms with van der Waals surface area (Å²) in [6, 6.07) is 7.32. The van der Waals surface area contributed by atoms with Gasteiger partial charge in [-0.3, -0.25) is 4.79 Å². The van der Waals surface area contributed by atoms with Crippen molar-refractivity contribution in [1.29, 1.82) is 0 Å². The van der Waals surface area contributed by atoms with Crippen LogP contribution in [0.1, 0.15) is 75.1 Å². The molecule has 6 N–H and O–H groups in total. The van der Waals surface area contributed by atoms with Crippen LogP contribution in [-0.2, 0) is 9.47 Å². The van der Waals surface area contributed by atoms with E-state index >= 15 is 0 Å². The van der Waals surface area contributed by atoms with E-state index < -0.39 is 0 Å². The number of carbonyl (C=O) groups is 1. The molecule has 1 amide bonds. The first-order valence-electron chi connectivity index (χ1n) is 15.8. The quantitative estimate of drug-likeness (QED) is 0.168. The smallest absolute Gasteiger partial charge is 0.251 e. The van der Waals surface area contributed by atoms with Crippen LogP contribution in [0.25, 0.3) is 0 Å². The molecule has 0 atom stereocenters. The van der Waals surface area contributed by atoms with Crippen LogP contribution in [0.2, 0.25) is 0 Å². The van der Waals surface area contributed by atoms with Gasteiger partial charge in [0.25, 0.3) is 5.91 Å². The zero-order valence-corrected chi connectivity index (χ0v) is 25.2. The zero-order chi connectivity index (χ0) is 29.4. The molecular formula is C31H50N8O3. The van der Waals surface area contributed by atoms with E-state index in [1.807, 2.05) is 12.1 Å². The van der Waals surface area contributed by atoms with Gasteiger partial charge in [0.15, 0.2) is 0 Å². The fraction of sp³-hybridized carbons (Fsp3) is 0.677. The summed E-state index contributed by atoms with van der Waals surface area (Å²) in [5.41, 5.74) is 6.66. The van der Waals surface area contributed by atoms with E-state index in [2.05, 4.69) is 38.2 Å². The first-order chi connectivity index (χ1) is 20.6. The lowest BCUT2D eigenvalue weighted by molar-refractivity contribution is 0.0511. The molecule has 2 fully saturated rings. The van der Waals surface area contributed by atoms with E-state index in [0.29, 0.717) is 74.8 Å². The minimum atomic E-state index is -0.170. The van der Waals surface area contributed by atoms with Crippen molar-refractivity contribution in [1.82, 2.24) is 20.3 Å². The molecule has 1 heterocycles. The number of hydrogen-bond donors (Lipinski definition) is 5. The summed E-state index contributed by atoms with van der Waals surface area (Å²) in [6.45, 7) is 6.85. The molecule has 0 spiro atoms. The van der Waals surface area contributed by atoms with Crippen LogP contribution in [0.4, 0.5) is 23.5 Å². The molecule has 11 heteroatoms. The monoisotopic (exact) mass is 582 g/mol. The Hall–Kier alpha value is -3.02. The van der Waals surface area contributed by atoms with Crippen molar-refractivity contribution >= 4 is 29.4 Å². The normalized spacial score (nSPS) is 19.3. The molecule has 0 radical (unpaired) electrons. The molecule has 2 aliphatic rings. The van der Waals surface area contributed by atoms with Gasteiger partial charge in [0, 0.05) is 37.4 Å². The Morgan fingerprint density at radius 2 is 1.48 bits per heavy atom. The molecule has 1 aromatic heterocycles. The number of rotatable bonds is 17. The summed E-state index contributed by atoms with van der Waals surface area (Å²) >= 11 is 0. The van der Waals surface area contributed by atoms with Crippen LogP contribution < -0.4 is 27.0 Å². The van der Waals surface area contributed by atoms with Gasteiger partial charge in [-0.05, 0) is 61.6 Å². The van der Waals surface area contributed by atoms with Gasteiger partial charge in [-0.15, -0.1) is 0 Å². The van der Waals surface area contributed by atoms with Gasteiger partial charge >= 0.3 is 0 Å². The summed E-state index contributed by atoms with van der Waals surface area (Å²) in [5, 5.41) is 13.1. The Labute approximate surface area is 250 Å². The summed E-state index contributed by atoms with van der Waals surface area (Å²) in [5.74, 6) is 3.52. The number of benzene rings is 1. The van der Waals surface area contributed by atoms with Gasteiger partial charge in [-0.25, -0.2) is 0 Å². The average molecular weight is 583 g/mol. The van der Waals surface area contributed by atoms with Crippen molar-refractivity contribution in [2.24, 2.45) is 23.5 Å². The number of ether oxygens (including phenoxy) is 2. The Balaban J connectivity index is 1.34. The van der Waals surface area contributed by atoms with Crippen molar-refractivity contribution in [2.75, 3.05) is 68.6 Å². The van der Waals surface area contributed by atoms with Crippen LogP contribution in [0.5, 0.6) is 0 Å². The van der Waals surface area contributed by atoms with Gasteiger partial charge < -0.3 is 36.5 Å². The van der Waals surface area contributed by atoms with Crippen molar-refractivity contribution in [3.8, 4) is 0 Å². The number of carbonyl (C=O) groups excluding carboxylic acids is 1. The third-order valence-electron chi connectivity index (χ3n) is 8.14. The van der Waals surface area contributed by atoms with E-state index in [-0.39, 0.29) is 5.91 Å². The molecule has 1 aromatic carbocycles. The predicted molar refractivity (Wildman–Crippen MR) is 167 cm³/mol. The predicted octanol–water partition coefficient (Wildman–Crippen LogP) is 4.57. The molecule has 2 aliphatic carbocycles. The van der Waals surface area contributed by atoms with E-state index in [0.717, 1.165) is 24.7 Å². The fourth-order valence-corrected chi connectivity index (χ4v) is 5.60. The molecule has 2 saturated carbocycles. The summed E-state index contributed by atoms with van der Waals surface area (Å²) < 4.78 is 10.8. The average Bonchev–Trinajstić information content (AvgIpc) is 3.01. The highest BCUT2D eigenvalue weighted by molar-refractivity contribution is 5.95. The Kier molecular flexibility index (Phi) is 13.5. The lowest BCUT2D eigenvalue weighted by Crippen LogP contribution is -2.27. The minimum absolute atomic E-state index is 0.170. The highest BCUT2D eigenvalue weighted by Crippen LogP contribution is 2.28. The van der Waals surface area contributed by atoms with Crippen LogP contribution >= 0.6 is 0 Å².